The number of hydrogen-bond acceptors (Lipinski definition) is 7. The van der Waals surface area contributed by atoms with E-state index in [4.69, 9.17) is 0 Å². The third-order valence-corrected chi connectivity index (χ3v) is 3.72. The van der Waals surface area contributed by atoms with Crippen molar-refractivity contribution in [2.45, 2.75) is 18.9 Å². The van der Waals surface area contributed by atoms with E-state index in [1.807, 2.05) is 19.9 Å². The van der Waals surface area contributed by atoms with Crippen LogP contribution in [-0.2, 0) is 11.8 Å². The SMILES string of the molecule is CC.COC(=O)Sc1ccccn1.Cn1c(=O)oc(=O)c2ccccc21. The molecule has 0 amide bonds. The number of thioether (sulfide) groups is 1. The number of carbonyl (C=O) groups is 1. The minimum atomic E-state index is -0.635. The van der Waals surface area contributed by atoms with E-state index in [1.165, 1.54) is 11.7 Å². The highest BCUT2D eigenvalue weighted by Crippen LogP contribution is 2.15. The van der Waals surface area contributed by atoms with Crippen LogP contribution in [0.1, 0.15) is 13.8 Å². The summed E-state index contributed by atoms with van der Waals surface area (Å²) in [5, 5.41) is 0.729. The zero-order chi connectivity index (χ0) is 19.5. The van der Waals surface area contributed by atoms with Gasteiger partial charge in [-0.3, -0.25) is 4.57 Å². The first-order valence-electron chi connectivity index (χ1n) is 7.78. The summed E-state index contributed by atoms with van der Waals surface area (Å²) in [6, 6.07) is 12.2. The smallest absolute Gasteiger partial charge is 0.422 e. The molecule has 0 unspecified atom stereocenters. The lowest BCUT2D eigenvalue weighted by Gasteiger charge is -1.99. The fourth-order valence-electron chi connectivity index (χ4n) is 1.77. The topological polar surface area (TPSA) is 91.4 Å². The summed E-state index contributed by atoms with van der Waals surface area (Å²) in [5.74, 6) is -0.635. The molecule has 1 aromatic carbocycles. The van der Waals surface area contributed by atoms with Gasteiger partial charge in [0.15, 0.2) is 0 Å². The van der Waals surface area contributed by atoms with E-state index in [9.17, 15) is 14.4 Å². The maximum atomic E-state index is 11.2. The van der Waals surface area contributed by atoms with E-state index in [-0.39, 0.29) is 5.30 Å². The summed E-state index contributed by atoms with van der Waals surface area (Å²) in [4.78, 5) is 36.8. The summed E-state index contributed by atoms with van der Waals surface area (Å²) in [7, 11) is 2.91. The molecule has 0 radical (unpaired) electrons. The molecule has 0 saturated heterocycles. The van der Waals surface area contributed by atoms with E-state index in [1.54, 1.807) is 49.6 Å². The van der Waals surface area contributed by atoms with Crippen molar-refractivity contribution in [3.63, 3.8) is 0 Å². The van der Waals surface area contributed by atoms with Crippen LogP contribution >= 0.6 is 11.8 Å². The molecule has 3 aromatic rings. The highest BCUT2D eigenvalue weighted by atomic mass is 32.2. The van der Waals surface area contributed by atoms with Crippen molar-refractivity contribution < 1.29 is 13.9 Å². The number of benzene rings is 1. The van der Waals surface area contributed by atoms with Crippen LogP contribution in [-0.4, -0.2) is 22.0 Å². The van der Waals surface area contributed by atoms with Gasteiger partial charge in [-0.25, -0.2) is 19.4 Å². The molecular weight excluding hydrogens is 356 g/mol. The Balaban J connectivity index is 0.000000241. The monoisotopic (exact) mass is 376 g/mol. The Labute approximate surface area is 154 Å². The Hall–Kier alpha value is -2.87. The first-order chi connectivity index (χ1) is 12.5. The van der Waals surface area contributed by atoms with E-state index in [2.05, 4.69) is 14.1 Å². The average Bonchev–Trinajstić information content (AvgIpc) is 2.69. The Morgan fingerprint density at radius 1 is 1.12 bits per heavy atom. The molecule has 0 aliphatic carbocycles. The first-order valence-corrected chi connectivity index (χ1v) is 8.60. The quantitative estimate of drug-likeness (QED) is 0.474. The summed E-state index contributed by atoms with van der Waals surface area (Å²) >= 11 is 0.971. The Morgan fingerprint density at radius 3 is 2.38 bits per heavy atom. The van der Waals surface area contributed by atoms with Crippen LogP contribution < -0.4 is 11.4 Å². The molecule has 8 heteroatoms. The molecule has 3 rings (SSSR count). The fraction of sp³-hybridized carbons (Fsp3) is 0.222. The van der Waals surface area contributed by atoms with Crippen LogP contribution in [0.5, 0.6) is 0 Å². The molecule has 138 valence electrons. The van der Waals surface area contributed by atoms with Gasteiger partial charge in [-0.05, 0) is 24.3 Å². The van der Waals surface area contributed by atoms with Gasteiger partial charge < -0.3 is 9.15 Å². The van der Waals surface area contributed by atoms with Gasteiger partial charge in [-0.15, -0.1) is 0 Å². The average molecular weight is 376 g/mol. The molecule has 2 aromatic heterocycles. The third-order valence-electron chi connectivity index (χ3n) is 2.93. The van der Waals surface area contributed by atoms with E-state index in [0.29, 0.717) is 15.9 Å². The lowest BCUT2D eigenvalue weighted by Crippen LogP contribution is -2.22. The van der Waals surface area contributed by atoms with Crippen molar-refractivity contribution in [2.24, 2.45) is 7.05 Å². The van der Waals surface area contributed by atoms with Crippen LogP contribution in [0, 0.1) is 0 Å². The number of rotatable bonds is 1. The third kappa shape index (κ3) is 5.89. The van der Waals surface area contributed by atoms with Crippen LogP contribution in [0.15, 0.2) is 67.7 Å². The van der Waals surface area contributed by atoms with Gasteiger partial charge in [0.2, 0.25) is 0 Å². The minimum absolute atomic E-state index is 0.344. The summed E-state index contributed by atoms with van der Waals surface area (Å²) in [6.07, 6.45) is 1.63. The van der Waals surface area contributed by atoms with Gasteiger partial charge in [0.25, 0.3) is 0 Å². The second-order valence-corrected chi connectivity index (χ2v) is 5.41. The Bertz CT molecular complexity index is 951. The highest BCUT2D eigenvalue weighted by Gasteiger charge is 2.04. The maximum absolute atomic E-state index is 11.2. The molecule has 0 saturated carbocycles. The van der Waals surface area contributed by atoms with Crippen LogP contribution in [0.4, 0.5) is 4.79 Å². The second-order valence-electron chi connectivity index (χ2n) is 4.46. The van der Waals surface area contributed by atoms with E-state index < -0.39 is 11.4 Å². The lowest BCUT2D eigenvalue weighted by atomic mass is 10.2. The minimum Gasteiger partial charge on any atom is -0.461 e. The number of aromatic nitrogens is 2. The standard InChI is InChI=1S/C9H7NO3.C7H7NO2S.C2H6/c1-10-7-5-3-2-4-6(7)8(11)13-9(10)12;1-10-7(9)11-6-4-2-3-5-8-6;1-2/h2-5H,1H3;2-5H,1H3;1-2H3. The molecule has 0 aliphatic rings. The zero-order valence-electron chi connectivity index (χ0n) is 15.0. The molecule has 0 fully saturated rings. The first kappa shape index (κ1) is 21.2. The van der Waals surface area contributed by atoms with Gasteiger partial charge in [-0.2, -0.15) is 0 Å². The molecule has 0 N–H and O–H groups in total. The molecule has 26 heavy (non-hydrogen) atoms. The number of methoxy groups -OCH3 is 1. The number of hydrogen-bond donors (Lipinski definition) is 0. The molecule has 0 spiro atoms. The highest BCUT2D eigenvalue weighted by molar-refractivity contribution is 8.13. The lowest BCUT2D eigenvalue weighted by molar-refractivity contribution is 0.200. The van der Waals surface area contributed by atoms with Crippen molar-refractivity contribution in [3.05, 3.63) is 69.6 Å². The predicted octanol–water partition coefficient (Wildman–Crippen LogP) is 3.46. The van der Waals surface area contributed by atoms with E-state index >= 15 is 0 Å². The van der Waals surface area contributed by atoms with Crippen LogP contribution in [0.25, 0.3) is 10.9 Å². The van der Waals surface area contributed by atoms with Crippen LogP contribution in [0.3, 0.4) is 0 Å². The number of pyridine rings is 1. The van der Waals surface area contributed by atoms with Crippen molar-refractivity contribution in [1.82, 2.24) is 9.55 Å². The number of fused-ring (bicyclic) bond motifs is 1. The normalized spacial score (nSPS) is 9.38. The zero-order valence-corrected chi connectivity index (χ0v) is 15.8. The summed E-state index contributed by atoms with van der Waals surface area (Å²) in [5.41, 5.74) is 0.00227. The Kier molecular flexibility index (Phi) is 8.86. The summed E-state index contributed by atoms with van der Waals surface area (Å²) in [6.45, 7) is 4.00. The van der Waals surface area contributed by atoms with Gasteiger partial charge in [-0.1, -0.05) is 32.0 Å². The largest absolute Gasteiger partial charge is 0.461 e. The van der Waals surface area contributed by atoms with Crippen molar-refractivity contribution in [1.29, 1.82) is 0 Å². The predicted molar refractivity (Wildman–Crippen MR) is 102 cm³/mol. The second kappa shape index (κ2) is 10.9. The molecular formula is C18H20N2O5S. The van der Waals surface area contributed by atoms with Gasteiger partial charge >= 0.3 is 16.7 Å². The maximum Gasteiger partial charge on any atom is 0.422 e. The van der Waals surface area contributed by atoms with Crippen molar-refractivity contribution >= 4 is 28.0 Å². The van der Waals surface area contributed by atoms with Gasteiger partial charge in [0.1, 0.15) is 5.03 Å². The Morgan fingerprint density at radius 2 is 1.77 bits per heavy atom. The van der Waals surface area contributed by atoms with E-state index in [0.717, 1.165) is 11.8 Å². The van der Waals surface area contributed by atoms with Crippen molar-refractivity contribution in [3.8, 4) is 0 Å². The van der Waals surface area contributed by atoms with Crippen molar-refractivity contribution in [2.75, 3.05) is 7.11 Å². The number of para-hydroxylation sites is 1. The molecule has 0 atom stereocenters. The molecule has 0 aliphatic heterocycles. The number of aryl methyl sites for hydroxylation is 1. The molecule has 0 bridgehead atoms. The summed E-state index contributed by atoms with van der Waals surface area (Å²) < 4.78 is 10.2. The number of nitrogens with zero attached hydrogens (tertiary/aromatic N) is 2. The fourth-order valence-corrected chi connectivity index (χ4v) is 2.29. The molecule has 2 heterocycles. The molecule has 7 nitrogen and oxygen atoms in total. The number of carbonyl (C=O) groups excluding carboxylic acids is 1. The van der Waals surface area contributed by atoms with Gasteiger partial charge in [0, 0.05) is 25.0 Å². The number of ether oxygens (including phenoxy) is 1. The van der Waals surface area contributed by atoms with Gasteiger partial charge in [0.05, 0.1) is 18.0 Å². The van der Waals surface area contributed by atoms with Crippen LogP contribution in [0.2, 0.25) is 0 Å².